The van der Waals surface area contributed by atoms with Crippen LogP contribution in [0.1, 0.15) is 79.9 Å². The highest BCUT2D eigenvalue weighted by atomic mass is 31.2. The van der Waals surface area contributed by atoms with Crippen molar-refractivity contribution < 1.29 is 80.1 Å². The Morgan fingerprint density at radius 2 is 1.29 bits per heavy atom. The second kappa shape index (κ2) is 22.2. The van der Waals surface area contributed by atoms with Gasteiger partial charge in [-0.1, -0.05) is 19.3 Å². The number of ether oxygens (including phenoxy) is 4. The summed E-state index contributed by atoms with van der Waals surface area (Å²) in [6.07, 6.45) is 5.28. The zero-order valence-electron chi connectivity index (χ0n) is 38.0. The molecule has 2 aliphatic rings. The molecule has 8 rings (SSSR count). The minimum atomic E-state index is -5.22. The summed E-state index contributed by atoms with van der Waals surface area (Å²) in [7, 11) is -7.15. The van der Waals surface area contributed by atoms with Crippen molar-refractivity contribution >= 4 is 55.9 Å². The van der Waals surface area contributed by atoms with Crippen molar-refractivity contribution in [1.29, 1.82) is 0 Å². The van der Waals surface area contributed by atoms with Gasteiger partial charge < -0.3 is 50.4 Å². The second-order valence-electron chi connectivity index (χ2n) is 16.5. The number of anilines is 2. The molecular formula is C41H54N12O15P2+2. The molecule has 29 heteroatoms. The number of carbonyl (C=O) groups excluding carboxylic acids is 1. The highest BCUT2D eigenvalue weighted by molar-refractivity contribution is 7.48. The predicted octanol–water partition coefficient (Wildman–Crippen LogP) is 1.96. The Hall–Kier alpha value is -5.67. The first-order valence-corrected chi connectivity index (χ1v) is 25.1. The summed E-state index contributed by atoms with van der Waals surface area (Å²) in [5, 5.41) is 21.7. The van der Waals surface area contributed by atoms with Gasteiger partial charge in [0.15, 0.2) is 40.6 Å². The van der Waals surface area contributed by atoms with Crippen molar-refractivity contribution in [3.05, 3.63) is 73.4 Å². The number of aldehydes is 1. The Morgan fingerprint density at radius 3 is 1.81 bits per heavy atom. The van der Waals surface area contributed by atoms with E-state index < -0.39 is 72.0 Å². The van der Waals surface area contributed by atoms with Gasteiger partial charge in [0.25, 0.3) is 12.0 Å². The average molecular weight is 1020 g/mol. The van der Waals surface area contributed by atoms with Gasteiger partial charge in [0.1, 0.15) is 62.4 Å². The number of phosphoric acid groups is 2. The SMILES string of the molecule is C[n+]1cc(OCCCCCCCOc2ccc[n+](C)c2C=O)ccc1C(OP(=O)(O)OC[C@H]1O[C@@H](n2cnc3c(N)ncnc32)C[C@@H]1O)OP(=O)(O)OC[C@H]1O[C@@H](n2cnc3c(N)ncnc32)C[C@@H]1O. The molecule has 70 heavy (non-hydrogen) atoms. The number of aryl methyl sites for hydroxylation is 2. The Bertz CT molecular complexity index is 2750. The second-order valence-corrected chi connectivity index (χ2v) is 19.3. The lowest BCUT2D eigenvalue weighted by Gasteiger charge is -2.23. The summed E-state index contributed by atoms with van der Waals surface area (Å²) in [6, 6.07) is 6.48. The number of hydrogen-bond acceptors (Lipinski definition) is 21. The van der Waals surface area contributed by atoms with Gasteiger partial charge >= 0.3 is 15.6 Å². The lowest BCUT2D eigenvalue weighted by Crippen LogP contribution is -2.36. The van der Waals surface area contributed by atoms with Crippen molar-refractivity contribution in [2.24, 2.45) is 14.1 Å². The van der Waals surface area contributed by atoms with Crippen LogP contribution < -0.4 is 30.1 Å². The molecule has 6 aromatic rings. The first-order valence-electron chi connectivity index (χ1n) is 22.1. The van der Waals surface area contributed by atoms with E-state index in [2.05, 4.69) is 29.9 Å². The van der Waals surface area contributed by atoms with Crippen LogP contribution in [0.25, 0.3) is 22.3 Å². The topological polar surface area (TPSA) is 353 Å². The number of fused-ring (bicyclic) bond motifs is 2. The third kappa shape index (κ3) is 12.1. The molecule has 0 radical (unpaired) electrons. The molecular weight excluding hydrogens is 962 g/mol. The van der Waals surface area contributed by atoms with E-state index in [9.17, 15) is 33.9 Å². The summed E-state index contributed by atoms with van der Waals surface area (Å²) in [6.45, 7) is -0.501. The van der Waals surface area contributed by atoms with Crippen molar-refractivity contribution in [3.8, 4) is 11.5 Å². The fraction of sp³-hybridized carbons (Fsp3) is 0.488. The van der Waals surface area contributed by atoms with E-state index in [-0.39, 0.29) is 30.2 Å². The summed E-state index contributed by atoms with van der Waals surface area (Å²) < 4.78 is 78.4. The molecule has 0 saturated carbocycles. The van der Waals surface area contributed by atoms with Gasteiger partial charge in [0.2, 0.25) is 18.2 Å². The number of nitrogen functional groups attached to an aromatic ring is 2. The highest BCUT2D eigenvalue weighted by Crippen LogP contribution is 2.55. The quantitative estimate of drug-likeness (QED) is 0.0166. The van der Waals surface area contributed by atoms with Crippen LogP contribution in [0.2, 0.25) is 0 Å². The van der Waals surface area contributed by atoms with E-state index in [1.807, 2.05) is 6.07 Å². The Kier molecular flexibility index (Phi) is 16.1. The first kappa shape index (κ1) is 50.7. The molecule has 2 aliphatic heterocycles. The van der Waals surface area contributed by atoms with E-state index in [0.717, 1.165) is 38.4 Å². The molecule has 6 aromatic heterocycles. The number of rotatable bonds is 24. The molecule has 0 aliphatic carbocycles. The van der Waals surface area contributed by atoms with Crippen molar-refractivity contribution in [2.75, 3.05) is 37.9 Å². The number of hydrogen-bond donors (Lipinski definition) is 6. The normalized spacial score (nSPS) is 22.5. The molecule has 2 fully saturated rings. The molecule has 8 heterocycles. The third-order valence-corrected chi connectivity index (χ3v) is 13.4. The number of unbranched alkanes of at least 4 members (excludes halogenated alkanes) is 4. The van der Waals surface area contributed by atoms with Crippen LogP contribution in [-0.4, -0.2) is 116 Å². The average Bonchev–Trinajstić information content (AvgIpc) is 4.12. The maximum atomic E-state index is 13.6. The molecule has 2 saturated heterocycles. The van der Waals surface area contributed by atoms with Crippen LogP contribution in [-0.2, 0) is 50.8 Å². The fourth-order valence-electron chi connectivity index (χ4n) is 7.89. The molecule has 0 spiro atoms. The number of carbonyl (C=O) groups is 1. The lowest BCUT2D eigenvalue weighted by atomic mass is 10.1. The van der Waals surface area contributed by atoms with Crippen LogP contribution in [0.15, 0.2) is 62.0 Å². The molecule has 27 nitrogen and oxygen atoms in total. The third-order valence-electron chi connectivity index (χ3n) is 11.6. The van der Waals surface area contributed by atoms with E-state index in [0.29, 0.717) is 52.7 Å². The number of aliphatic hydroxyl groups is 2. The van der Waals surface area contributed by atoms with Gasteiger partial charge in [-0.2, -0.15) is 9.13 Å². The summed E-state index contributed by atoms with van der Waals surface area (Å²) in [5.74, 6) is 1.22. The van der Waals surface area contributed by atoms with E-state index in [1.54, 1.807) is 23.9 Å². The summed E-state index contributed by atoms with van der Waals surface area (Å²) in [4.78, 5) is 58.1. The predicted molar refractivity (Wildman–Crippen MR) is 240 cm³/mol. The van der Waals surface area contributed by atoms with Crippen LogP contribution >= 0.6 is 15.6 Å². The van der Waals surface area contributed by atoms with Gasteiger partial charge in [0, 0.05) is 25.0 Å². The van der Waals surface area contributed by atoms with Gasteiger partial charge in [-0.3, -0.25) is 23.0 Å². The Morgan fingerprint density at radius 1 is 0.757 bits per heavy atom. The minimum absolute atomic E-state index is 0.0256. The van der Waals surface area contributed by atoms with Crippen molar-refractivity contribution in [1.82, 2.24) is 39.0 Å². The zero-order chi connectivity index (χ0) is 49.6. The van der Waals surface area contributed by atoms with Crippen LogP contribution in [0.4, 0.5) is 11.6 Å². The molecule has 376 valence electrons. The Labute approximate surface area is 399 Å². The van der Waals surface area contributed by atoms with Crippen LogP contribution in [0.5, 0.6) is 11.5 Å². The smallest absolute Gasteiger partial charge is 0.475 e. The minimum Gasteiger partial charge on any atom is -0.487 e. The number of nitrogens with two attached hydrogens (primary N) is 2. The number of pyridine rings is 2. The monoisotopic (exact) mass is 1020 g/mol. The molecule has 0 aromatic carbocycles. The Balaban J connectivity index is 0.881. The maximum absolute atomic E-state index is 13.6. The number of aromatic nitrogens is 10. The number of imidazole rings is 2. The lowest BCUT2D eigenvalue weighted by molar-refractivity contribution is -0.685. The van der Waals surface area contributed by atoms with E-state index in [4.69, 9.17) is 48.5 Å². The number of phosphoric ester groups is 2. The summed E-state index contributed by atoms with van der Waals surface area (Å²) in [5.41, 5.74) is 13.6. The molecule has 0 amide bonds. The van der Waals surface area contributed by atoms with Gasteiger partial charge in [-0.25, -0.2) is 48.1 Å². The largest absolute Gasteiger partial charge is 0.487 e. The summed E-state index contributed by atoms with van der Waals surface area (Å²) >= 11 is 0. The molecule has 0 bridgehead atoms. The van der Waals surface area contributed by atoms with E-state index >= 15 is 0 Å². The van der Waals surface area contributed by atoms with Crippen molar-refractivity contribution in [3.63, 3.8) is 0 Å². The number of nitrogens with zero attached hydrogens (tertiary/aromatic N) is 10. The molecule has 8 N–H and O–H groups in total. The highest BCUT2D eigenvalue weighted by Gasteiger charge is 2.43. The van der Waals surface area contributed by atoms with Gasteiger partial charge in [0.05, 0.1) is 51.3 Å². The maximum Gasteiger partial charge on any atom is 0.475 e. The zero-order valence-corrected chi connectivity index (χ0v) is 39.8. The van der Waals surface area contributed by atoms with Gasteiger partial charge in [-0.05, 0) is 25.0 Å². The van der Waals surface area contributed by atoms with Crippen LogP contribution in [0.3, 0.4) is 0 Å². The molecule has 2 unspecified atom stereocenters. The number of aliphatic hydroxyl groups excluding tert-OH is 2. The standard InChI is InChI=1S/C41H52N12O15P2/c1-50-12-8-9-30(27(50)18-54)62-14-7-5-3-4-6-13-61-25-10-11-26(51(2)17-25)41(67-69(57,58)63-19-31-28(55)15-33(65-31)52-23-48-35-37(42)44-21-46-39(35)52)68-70(59,60)64-20-32-29(56)16-34(66-32)53-24-49-36-38(43)45-22-47-40(36)53/h8-12,17-18,21-24,28-29,31-34,41,55-56H,3-7,13-16,19-20H2,1-2H3,(H4-2,42,43,44,45,46,47,57,58,59,60)/p+2/t28-,29-,31+,32+,33+,34+/m0/s1. The van der Waals surface area contributed by atoms with Gasteiger partial charge in [-0.15, -0.1) is 0 Å². The van der Waals surface area contributed by atoms with E-state index in [1.165, 1.54) is 64.4 Å². The fourth-order valence-corrected chi connectivity index (χ4v) is 9.54. The molecule has 8 atom stereocenters. The first-order chi connectivity index (χ1) is 33.6. The van der Waals surface area contributed by atoms with Crippen molar-refractivity contribution in [2.45, 2.75) is 88.1 Å². The van der Waals surface area contributed by atoms with Crippen LogP contribution in [0, 0.1) is 0 Å².